The molecular weight excluding hydrogens is 308 g/mol. The molecule has 24 heavy (non-hydrogen) atoms. The Morgan fingerprint density at radius 2 is 2.00 bits per heavy atom. The first-order valence-corrected chi connectivity index (χ1v) is 8.05. The van der Waals surface area contributed by atoms with Crippen LogP contribution < -0.4 is 5.32 Å². The first-order chi connectivity index (χ1) is 11.5. The summed E-state index contributed by atoms with van der Waals surface area (Å²) in [5.74, 6) is -0.585. The molecule has 4 amide bonds. The van der Waals surface area contributed by atoms with Crippen LogP contribution >= 0.6 is 0 Å². The second-order valence-electron chi connectivity index (χ2n) is 6.45. The van der Waals surface area contributed by atoms with Crippen LogP contribution in [0.3, 0.4) is 0 Å². The van der Waals surface area contributed by atoms with E-state index < -0.39 is 6.03 Å². The summed E-state index contributed by atoms with van der Waals surface area (Å²) in [6, 6.07) is 8.07. The van der Waals surface area contributed by atoms with Crippen LogP contribution in [0.25, 0.3) is 0 Å². The van der Waals surface area contributed by atoms with Crippen molar-refractivity contribution in [3.05, 3.63) is 35.4 Å². The summed E-state index contributed by atoms with van der Waals surface area (Å²) >= 11 is 0. The first kappa shape index (κ1) is 16.4. The summed E-state index contributed by atoms with van der Waals surface area (Å²) in [5.41, 5.74) is 2.64. The molecule has 1 aromatic rings. The zero-order valence-electron chi connectivity index (χ0n) is 14.0. The maximum absolute atomic E-state index is 12.3. The van der Waals surface area contributed by atoms with E-state index in [0.29, 0.717) is 6.54 Å². The van der Waals surface area contributed by atoms with Crippen LogP contribution in [0.1, 0.15) is 11.1 Å². The van der Waals surface area contributed by atoms with Crippen molar-refractivity contribution in [1.29, 1.82) is 0 Å². The van der Waals surface area contributed by atoms with Crippen molar-refractivity contribution in [2.45, 2.75) is 19.0 Å². The highest BCUT2D eigenvalue weighted by Gasteiger charge is 2.32. The summed E-state index contributed by atoms with van der Waals surface area (Å²) in [4.78, 5) is 40.3. The molecule has 1 fully saturated rings. The summed E-state index contributed by atoms with van der Waals surface area (Å²) in [6.45, 7) is 1.19. The normalized spacial score (nSPS) is 20.8. The highest BCUT2D eigenvalue weighted by molar-refractivity contribution is 6.04. The van der Waals surface area contributed by atoms with Crippen molar-refractivity contribution in [2.24, 2.45) is 0 Å². The van der Waals surface area contributed by atoms with Gasteiger partial charge in [0.05, 0.1) is 6.54 Å². The molecule has 1 atom stereocenters. The number of nitrogens with one attached hydrogen (secondary N) is 1. The second kappa shape index (κ2) is 6.60. The number of likely N-dealkylation sites (N-methyl/N-ethyl adjacent to an activating group) is 2. The minimum Gasteiger partial charge on any atom is -0.343 e. The van der Waals surface area contributed by atoms with Gasteiger partial charge in [-0.2, -0.15) is 0 Å². The standard InChI is InChI=1S/C17H22N4O3/c1-19-9-13-6-4-3-5-12(13)7-14(19)10-20(2)16(23)11-21-15(22)8-18-17(21)24/h3-6,14H,7-11H2,1-2H3,(H,18,24)/t14-/m1/s1. The van der Waals surface area contributed by atoms with Crippen LogP contribution in [0, 0.1) is 0 Å². The molecule has 0 spiro atoms. The molecule has 0 aliphatic carbocycles. The van der Waals surface area contributed by atoms with E-state index in [1.807, 2.05) is 12.1 Å². The first-order valence-electron chi connectivity index (χ1n) is 8.05. The lowest BCUT2D eigenvalue weighted by atomic mass is 9.94. The van der Waals surface area contributed by atoms with Gasteiger partial charge in [-0.25, -0.2) is 4.79 Å². The van der Waals surface area contributed by atoms with Gasteiger partial charge >= 0.3 is 6.03 Å². The van der Waals surface area contributed by atoms with Crippen LogP contribution in [0.5, 0.6) is 0 Å². The van der Waals surface area contributed by atoms with E-state index in [9.17, 15) is 14.4 Å². The van der Waals surface area contributed by atoms with Gasteiger partial charge < -0.3 is 10.2 Å². The third-order valence-electron chi connectivity index (χ3n) is 4.76. The van der Waals surface area contributed by atoms with Gasteiger partial charge in [0, 0.05) is 26.2 Å². The quantitative estimate of drug-likeness (QED) is 0.792. The summed E-state index contributed by atoms with van der Waals surface area (Å²) in [6.07, 6.45) is 0.882. The highest BCUT2D eigenvalue weighted by Crippen LogP contribution is 2.22. The fourth-order valence-electron chi connectivity index (χ4n) is 3.21. The molecule has 2 aliphatic rings. The van der Waals surface area contributed by atoms with Crippen molar-refractivity contribution in [2.75, 3.05) is 33.7 Å². The van der Waals surface area contributed by atoms with Gasteiger partial charge in [0.2, 0.25) is 5.91 Å². The average Bonchev–Trinajstić information content (AvgIpc) is 2.87. The maximum Gasteiger partial charge on any atom is 0.325 e. The predicted molar refractivity (Wildman–Crippen MR) is 88.1 cm³/mol. The number of amides is 4. The molecule has 2 aliphatic heterocycles. The number of hydrogen-bond acceptors (Lipinski definition) is 4. The van der Waals surface area contributed by atoms with Crippen molar-refractivity contribution in [1.82, 2.24) is 20.0 Å². The van der Waals surface area contributed by atoms with E-state index in [1.54, 1.807) is 11.9 Å². The summed E-state index contributed by atoms with van der Waals surface area (Å²) < 4.78 is 0. The molecule has 1 aromatic carbocycles. The fourth-order valence-corrected chi connectivity index (χ4v) is 3.21. The topological polar surface area (TPSA) is 73.0 Å². The molecule has 0 saturated carbocycles. The van der Waals surface area contributed by atoms with E-state index in [-0.39, 0.29) is 30.9 Å². The Bertz CT molecular complexity index is 660. The van der Waals surface area contributed by atoms with Crippen molar-refractivity contribution in [3.63, 3.8) is 0 Å². The van der Waals surface area contributed by atoms with Crippen molar-refractivity contribution >= 4 is 17.8 Å². The number of carbonyl (C=O) groups excluding carboxylic acids is 3. The lowest BCUT2D eigenvalue weighted by Gasteiger charge is -2.36. The van der Waals surface area contributed by atoms with E-state index in [0.717, 1.165) is 17.9 Å². The second-order valence-corrected chi connectivity index (χ2v) is 6.45. The van der Waals surface area contributed by atoms with Gasteiger partial charge in [0.1, 0.15) is 6.54 Å². The molecule has 1 saturated heterocycles. The van der Waals surface area contributed by atoms with Gasteiger partial charge in [0.15, 0.2) is 0 Å². The number of imide groups is 1. The molecule has 3 rings (SSSR count). The van der Waals surface area contributed by atoms with E-state index in [4.69, 9.17) is 0 Å². The van der Waals surface area contributed by atoms with Crippen LogP contribution in [0.15, 0.2) is 24.3 Å². The number of nitrogens with zero attached hydrogens (tertiary/aromatic N) is 3. The average molecular weight is 330 g/mol. The van der Waals surface area contributed by atoms with Crippen LogP contribution in [-0.4, -0.2) is 72.3 Å². The van der Waals surface area contributed by atoms with E-state index in [2.05, 4.69) is 29.4 Å². The Balaban J connectivity index is 1.60. The predicted octanol–water partition coefficient (Wildman–Crippen LogP) is 0.0533. The number of hydrogen-bond donors (Lipinski definition) is 1. The van der Waals surface area contributed by atoms with Crippen LogP contribution in [-0.2, 0) is 22.6 Å². The smallest absolute Gasteiger partial charge is 0.325 e. The Hall–Kier alpha value is -2.41. The molecule has 0 aromatic heterocycles. The zero-order valence-corrected chi connectivity index (χ0v) is 14.0. The SMILES string of the molecule is CN(C[C@H]1Cc2ccccc2CN1C)C(=O)CN1C(=O)CNC1=O. The van der Waals surface area contributed by atoms with Gasteiger partial charge in [-0.1, -0.05) is 24.3 Å². The molecule has 0 unspecified atom stereocenters. The molecule has 128 valence electrons. The molecule has 0 bridgehead atoms. The Kier molecular flexibility index (Phi) is 4.53. The number of urea groups is 1. The van der Waals surface area contributed by atoms with Crippen molar-refractivity contribution < 1.29 is 14.4 Å². The van der Waals surface area contributed by atoms with E-state index >= 15 is 0 Å². The third-order valence-corrected chi connectivity index (χ3v) is 4.76. The van der Waals surface area contributed by atoms with Crippen LogP contribution in [0.4, 0.5) is 4.79 Å². The van der Waals surface area contributed by atoms with Gasteiger partial charge in [-0.15, -0.1) is 0 Å². The molecule has 2 heterocycles. The Labute approximate surface area is 141 Å². The molecule has 0 radical (unpaired) electrons. The van der Waals surface area contributed by atoms with Gasteiger partial charge in [-0.3, -0.25) is 19.4 Å². The van der Waals surface area contributed by atoms with Gasteiger partial charge in [0.25, 0.3) is 5.91 Å². The fraction of sp³-hybridized carbons (Fsp3) is 0.471. The number of carbonyl (C=O) groups is 3. The number of benzene rings is 1. The maximum atomic E-state index is 12.3. The monoisotopic (exact) mass is 330 g/mol. The molecule has 1 N–H and O–H groups in total. The highest BCUT2D eigenvalue weighted by atomic mass is 16.2. The van der Waals surface area contributed by atoms with Crippen LogP contribution in [0.2, 0.25) is 0 Å². The molecule has 7 heteroatoms. The molecule has 7 nitrogen and oxygen atoms in total. The Morgan fingerprint density at radius 1 is 1.29 bits per heavy atom. The third kappa shape index (κ3) is 3.26. The van der Waals surface area contributed by atoms with Gasteiger partial charge in [-0.05, 0) is 24.6 Å². The molecular formula is C17H22N4O3. The minimum atomic E-state index is -0.495. The lowest BCUT2D eigenvalue weighted by Crippen LogP contribution is -2.48. The number of rotatable bonds is 4. The number of fused-ring (bicyclic) bond motifs is 1. The van der Waals surface area contributed by atoms with E-state index in [1.165, 1.54) is 11.1 Å². The zero-order chi connectivity index (χ0) is 17.3. The van der Waals surface area contributed by atoms with Crippen molar-refractivity contribution in [3.8, 4) is 0 Å². The summed E-state index contributed by atoms with van der Waals surface area (Å²) in [5, 5.41) is 2.42. The summed E-state index contributed by atoms with van der Waals surface area (Å²) in [7, 11) is 3.77. The largest absolute Gasteiger partial charge is 0.343 e. The lowest BCUT2D eigenvalue weighted by molar-refractivity contribution is -0.136. The Morgan fingerprint density at radius 3 is 2.67 bits per heavy atom. The minimum absolute atomic E-state index is 0.0298.